The maximum Gasteiger partial charge on any atom is 0.342 e. The van der Waals surface area contributed by atoms with Crippen LogP contribution in [0.15, 0.2) is 83.8 Å². The number of carbonyl (C=O) groups excluding carboxylic acids is 2. The van der Waals surface area contributed by atoms with Gasteiger partial charge in [0.2, 0.25) is 10.0 Å². The van der Waals surface area contributed by atoms with E-state index in [1.54, 1.807) is 0 Å². The smallest absolute Gasteiger partial charge is 0.342 e. The Bertz CT molecular complexity index is 1250. The molecule has 3 aromatic rings. The molecule has 0 aromatic heterocycles. The molecule has 9 heteroatoms. The Morgan fingerprint density at radius 2 is 1.49 bits per heavy atom. The van der Waals surface area contributed by atoms with Crippen molar-refractivity contribution in [2.45, 2.75) is 23.8 Å². The maximum absolute atomic E-state index is 12.8. The van der Waals surface area contributed by atoms with Gasteiger partial charge in [-0.25, -0.2) is 13.2 Å². The summed E-state index contributed by atoms with van der Waals surface area (Å²) in [4.78, 5) is 25.2. The first-order chi connectivity index (χ1) is 16.9. The number of ether oxygens (including phenoxy) is 1. The van der Waals surface area contributed by atoms with Crippen LogP contribution >= 0.6 is 0 Å². The summed E-state index contributed by atoms with van der Waals surface area (Å²) < 4.78 is 32.1. The van der Waals surface area contributed by atoms with Crippen LogP contribution in [-0.4, -0.2) is 49.4 Å². The summed E-state index contributed by atoms with van der Waals surface area (Å²) in [6.45, 7) is 0.220. The van der Waals surface area contributed by atoms with E-state index in [1.807, 2.05) is 60.7 Å². The summed E-state index contributed by atoms with van der Waals surface area (Å²) in [5.74, 6) is -1.97. The first kappa shape index (κ1) is 24.4. The van der Waals surface area contributed by atoms with E-state index in [4.69, 9.17) is 4.74 Å². The zero-order valence-electron chi connectivity index (χ0n) is 19.0. The third kappa shape index (κ3) is 5.70. The van der Waals surface area contributed by atoms with Crippen LogP contribution in [0.5, 0.6) is 5.75 Å². The molecular formula is C26H26N2O6S. The Kier molecular flexibility index (Phi) is 7.48. The highest BCUT2D eigenvalue weighted by Gasteiger charge is 2.29. The highest BCUT2D eigenvalue weighted by atomic mass is 32.2. The molecule has 0 saturated carbocycles. The number of rotatable bonds is 8. The summed E-state index contributed by atoms with van der Waals surface area (Å²) in [6.07, 6.45) is 1.54. The van der Waals surface area contributed by atoms with Gasteiger partial charge in [0.1, 0.15) is 11.3 Å². The van der Waals surface area contributed by atoms with Crippen molar-refractivity contribution in [3.8, 4) is 5.75 Å². The van der Waals surface area contributed by atoms with Gasteiger partial charge < -0.3 is 15.2 Å². The molecular weight excluding hydrogens is 468 g/mol. The number of nitrogens with zero attached hydrogens (tertiary/aromatic N) is 1. The molecule has 2 N–H and O–H groups in total. The predicted octanol–water partition coefficient (Wildman–Crippen LogP) is 3.24. The van der Waals surface area contributed by atoms with Crippen molar-refractivity contribution in [3.63, 3.8) is 0 Å². The van der Waals surface area contributed by atoms with Gasteiger partial charge in [-0.3, -0.25) is 4.79 Å². The number of hydrogen-bond acceptors (Lipinski definition) is 6. The van der Waals surface area contributed by atoms with Crippen LogP contribution in [-0.2, 0) is 19.6 Å². The predicted molar refractivity (Wildman–Crippen MR) is 129 cm³/mol. The second-order valence-corrected chi connectivity index (χ2v) is 10.1. The highest BCUT2D eigenvalue weighted by molar-refractivity contribution is 7.89. The van der Waals surface area contributed by atoms with Gasteiger partial charge in [-0.2, -0.15) is 4.31 Å². The van der Waals surface area contributed by atoms with Crippen LogP contribution in [0.2, 0.25) is 0 Å². The molecule has 1 aliphatic heterocycles. The lowest BCUT2D eigenvalue weighted by molar-refractivity contribution is -0.124. The number of benzene rings is 3. The minimum atomic E-state index is -3.78. The summed E-state index contributed by atoms with van der Waals surface area (Å²) in [5.41, 5.74) is 1.40. The van der Waals surface area contributed by atoms with Gasteiger partial charge in [-0.1, -0.05) is 60.7 Å². The number of phenolic OH excluding ortho intramolecular Hbond substituents is 1. The van der Waals surface area contributed by atoms with Crippen LogP contribution < -0.4 is 5.32 Å². The fourth-order valence-electron chi connectivity index (χ4n) is 3.98. The average molecular weight is 495 g/mol. The molecule has 0 radical (unpaired) electrons. The standard InChI is InChI=1S/C26H26N2O6S/c29-23-14-13-21(35(32,33)28-15-7-8-16-28)17-22(23)26(31)34-18-24(30)27-25(19-9-3-1-4-10-19)20-11-5-2-6-12-20/h1-6,9-14,17,25,29H,7-8,15-16,18H2,(H,27,30). The molecule has 8 nitrogen and oxygen atoms in total. The minimum absolute atomic E-state index is 0.109. The van der Waals surface area contributed by atoms with Crippen molar-refractivity contribution in [2.24, 2.45) is 0 Å². The van der Waals surface area contributed by atoms with Crippen molar-refractivity contribution in [1.29, 1.82) is 0 Å². The Balaban J connectivity index is 1.45. The Morgan fingerprint density at radius 1 is 0.914 bits per heavy atom. The quantitative estimate of drug-likeness (QED) is 0.465. The molecule has 4 rings (SSSR count). The zero-order chi connectivity index (χ0) is 24.8. The second kappa shape index (κ2) is 10.7. The molecule has 35 heavy (non-hydrogen) atoms. The summed E-state index contributed by atoms with van der Waals surface area (Å²) in [7, 11) is -3.78. The van der Waals surface area contributed by atoms with Gasteiger partial charge in [-0.05, 0) is 42.2 Å². The van der Waals surface area contributed by atoms with Gasteiger partial charge in [0.15, 0.2) is 6.61 Å². The zero-order valence-corrected chi connectivity index (χ0v) is 19.8. The van der Waals surface area contributed by atoms with Crippen molar-refractivity contribution in [2.75, 3.05) is 19.7 Å². The second-order valence-electron chi connectivity index (χ2n) is 8.19. The molecule has 0 atom stereocenters. The topological polar surface area (TPSA) is 113 Å². The van der Waals surface area contributed by atoms with E-state index < -0.39 is 40.3 Å². The SMILES string of the molecule is O=C(COC(=O)c1cc(S(=O)(=O)N2CCCC2)ccc1O)NC(c1ccccc1)c1ccccc1. The molecule has 1 amide bonds. The van der Waals surface area contributed by atoms with Crippen molar-refractivity contribution < 1.29 is 27.9 Å². The van der Waals surface area contributed by atoms with Crippen LogP contribution in [0.1, 0.15) is 40.4 Å². The lowest BCUT2D eigenvalue weighted by Crippen LogP contribution is -2.33. The number of aromatic hydroxyl groups is 1. The minimum Gasteiger partial charge on any atom is -0.507 e. The molecule has 0 spiro atoms. The number of hydrogen-bond donors (Lipinski definition) is 2. The van der Waals surface area contributed by atoms with Crippen LogP contribution in [0.25, 0.3) is 0 Å². The first-order valence-electron chi connectivity index (χ1n) is 11.3. The first-order valence-corrected chi connectivity index (χ1v) is 12.7. The van der Waals surface area contributed by atoms with Gasteiger partial charge in [0, 0.05) is 13.1 Å². The number of nitrogens with one attached hydrogen (secondary N) is 1. The van der Waals surface area contributed by atoms with Gasteiger partial charge in [-0.15, -0.1) is 0 Å². The summed E-state index contributed by atoms with van der Waals surface area (Å²) in [5, 5.41) is 13.0. The lowest BCUT2D eigenvalue weighted by atomic mass is 9.99. The summed E-state index contributed by atoms with van der Waals surface area (Å²) in [6, 6.07) is 21.8. The van der Waals surface area contributed by atoms with Crippen LogP contribution in [0.3, 0.4) is 0 Å². The van der Waals surface area contributed by atoms with Gasteiger partial charge in [0.05, 0.1) is 10.9 Å². The molecule has 3 aromatic carbocycles. The normalized spacial score (nSPS) is 14.1. The highest BCUT2D eigenvalue weighted by Crippen LogP contribution is 2.26. The van der Waals surface area contributed by atoms with Crippen LogP contribution in [0.4, 0.5) is 0 Å². The van der Waals surface area contributed by atoms with E-state index in [0.717, 1.165) is 36.1 Å². The third-order valence-corrected chi connectivity index (χ3v) is 7.69. The molecule has 182 valence electrons. The average Bonchev–Trinajstić information content (AvgIpc) is 3.43. The molecule has 1 saturated heterocycles. The van der Waals surface area contributed by atoms with E-state index in [1.165, 1.54) is 10.4 Å². The van der Waals surface area contributed by atoms with E-state index in [2.05, 4.69) is 5.32 Å². The number of sulfonamides is 1. The fraction of sp³-hybridized carbons (Fsp3) is 0.231. The van der Waals surface area contributed by atoms with Gasteiger partial charge >= 0.3 is 5.97 Å². The van der Waals surface area contributed by atoms with E-state index in [0.29, 0.717) is 13.1 Å². The maximum atomic E-state index is 12.8. The Hall–Kier alpha value is -3.69. The Morgan fingerprint density at radius 3 is 2.06 bits per heavy atom. The number of phenols is 1. The largest absolute Gasteiger partial charge is 0.507 e. The molecule has 0 bridgehead atoms. The fourth-order valence-corrected chi connectivity index (χ4v) is 5.52. The number of esters is 1. The monoisotopic (exact) mass is 494 g/mol. The Labute approximate surface area is 204 Å². The summed E-state index contributed by atoms with van der Waals surface area (Å²) >= 11 is 0. The molecule has 0 aliphatic carbocycles. The van der Waals surface area contributed by atoms with Crippen LogP contribution in [0, 0.1) is 0 Å². The van der Waals surface area contributed by atoms with Crippen molar-refractivity contribution in [3.05, 3.63) is 95.6 Å². The molecule has 1 fully saturated rings. The van der Waals surface area contributed by atoms with Crippen molar-refractivity contribution in [1.82, 2.24) is 9.62 Å². The van der Waals surface area contributed by atoms with Crippen molar-refractivity contribution >= 4 is 21.9 Å². The van der Waals surface area contributed by atoms with Gasteiger partial charge in [0.25, 0.3) is 5.91 Å². The molecule has 0 unspecified atom stereocenters. The lowest BCUT2D eigenvalue weighted by Gasteiger charge is -2.20. The van der Waals surface area contributed by atoms with E-state index in [-0.39, 0.29) is 10.5 Å². The van der Waals surface area contributed by atoms with E-state index in [9.17, 15) is 23.1 Å². The van der Waals surface area contributed by atoms with E-state index >= 15 is 0 Å². The number of carbonyl (C=O) groups is 2. The molecule has 1 heterocycles. The molecule has 1 aliphatic rings. The number of amides is 1. The third-order valence-electron chi connectivity index (χ3n) is 5.80.